The summed E-state index contributed by atoms with van der Waals surface area (Å²) in [6, 6.07) is 11.3. The van der Waals surface area contributed by atoms with Gasteiger partial charge in [0.25, 0.3) is 0 Å². The summed E-state index contributed by atoms with van der Waals surface area (Å²) in [5.41, 5.74) is 1.50. The van der Waals surface area contributed by atoms with Crippen LogP contribution in [0.1, 0.15) is 26.3 Å². The van der Waals surface area contributed by atoms with Crippen LogP contribution in [-0.4, -0.2) is 42.2 Å². The first-order chi connectivity index (χ1) is 15.6. The van der Waals surface area contributed by atoms with Crippen LogP contribution >= 0.6 is 11.8 Å². The lowest BCUT2D eigenvalue weighted by Gasteiger charge is -2.16. The zero-order chi connectivity index (χ0) is 22.9. The molecule has 0 fully saturated rings. The van der Waals surface area contributed by atoms with Gasteiger partial charge in [-0.25, -0.2) is 0 Å². The van der Waals surface area contributed by atoms with Crippen LogP contribution in [0.5, 0.6) is 17.2 Å². The van der Waals surface area contributed by atoms with Gasteiger partial charge in [-0.2, -0.15) is 0 Å². The van der Waals surface area contributed by atoms with Gasteiger partial charge in [-0.3, -0.25) is 10.1 Å². The molecule has 1 aromatic heterocycles. The summed E-state index contributed by atoms with van der Waals surface area (Å²) in [5.74, 6) is 1.56. The largest absolute Gasteiger partial charge is 0.490 e. The molecule has 2 aromatic carbocycles. The number of nitrogens with zero attached hydrogens (tertiary/aromatic N) is 2. The lowest BCUT2D eigenvalue weighted by molar-refractivity contribution is -0.115. The zero-order valence-corrected chi connectivity index (χ0v) is 19.5. The van der Waals surface area contributed by atoms with Crippen molar-refractivity contribution in [3.63, 3.8) is 0 Å². The number of nitrogens with one attached hydrogen (secondary N) is 1. The molecule has 0 radical (unpaired) electrons. The van der Waals surface area contributed by atoms with E-state index in [9.17, 15) is 4.79 Å². The molecule has 170 valence electrons. The fraction of sp³-hybridized carbons (Fsp3) is 0.348. The van der Waals surface area contributed by atoms with Crippen molar-refractivity contribution in [1.29, 1.82) is 0 Å². The number of thioether (sulfide) groups is 1. The van der Waals surface area contributed by atoms with Crippen molar-refractivity contribution in [2.45, 2.75) is 32.1 Å². The first kappa shape index (κ1) is 23.5. The summed E-state index contributed by atoms with van der Waals surface area (Å²) >= 11 is 1.65. The summed E-state index contributed by atoms with van der Waals surface area (Å²) in [6.45, 7) is 7.05. The highest BCUT2D eigenvalue weighted by molar-refractivity contribution is 7.98. The molecular weight excluding hydrogens is 430 g/mol. The van der Waals surface area contributed by atoms with E-state index < -0.39 is 0 Å². The van der Waals surface area contributed by atoms with Crippen LogP contribution in [-0.2, 0) is 11.2 Å². The molecule has 3 rings (SSSR count). The Labute approximate surface area is 191 Å². The molecule has 1 amide bonds. The van der Waals surface area contributed by atoms with Gasteiger partial charge >= 0.3 is 6.01 Å². The number of aromatic nitrogens is 2. The first-order valence-electron chi connectivity index (χ1n) is 10.4. The summed E-state index contributed by atoms with van der Waals surface area (Å²) in [6.07, 6.45) is 2.21. The Morgan fingerprint density at radius 3 is 2.16 bits per heavy atom. The van der Waals surface area contributed by atoms with E-state index in [0.717, 1.165) is 10.5 Å². The van der Waals surface area contributed by atoms with E-state index >= 15 is 0 Å². The van der Waals surface area contributed by atoms with Crippen molar-refractivity contribution >= 4 is 23.7 Å². The molecular formula is C23H27N3O5S. The molecule has 0 atom stereocenters. The average Bonchev–Trinajstić information content (AvgIpc) is 3.25. The first-order valence-corrected chi connectivity index (χ1v) is 11.6. The lowest BCUT2D eigenvalue weighted by Crippen LogP contribution is -2.14. The van der Waals surface area contributed by atoms with E-state index in [2.05, 4.69) is 15.5 Å². The van der Waals surface area contributed by atoms with Crippen LogP contribution < -0.4 is 19.5 Å². The second-order valence-electron chi connectivity index (χ2n) is 6.59. The average molecular weight is 458 g/mol. The van der Waals surface area contributed by atoms with Crippen molar-refractivity contribution < 1.29 is 23.4 Å². The number of hydrogen-bond donors (Lipinski definition) is 1. The van der Waals surface area contributed by atoms with Gasteiger partial charge in [0, 0.05) is 10.5 Å². The monoisotopic (exact) mass is 457 g/mol. The molecule has 1 heterocycles. The van der Waals surface area contributed by atoms with E-state index in [1.54, 1.807) is 23.9 Å². The summed E-state index contributed by atoms with van der Waals surface area (Å²) in [4.78, 5) is 13.5. The fourth-order valence-corrected chi connectivity index (χ4v) is 3.40. The lowest BCUT2D eigenvalue weighted by atomic mass is 10.1. The molecule has 0 unspecified atom stereocenters. The molecule has 3 aromatic rings. The Morgan fingerprint density at radius 1 is 0.969 bits per heavy atom. The number of carbonyl (C=O) groups is 1. The number of benzene rings is 2. The quantitative estimate of drug-likeness (QED) is 0.409. The van der Waals surface area contributed by atoms with E-state index in [0.29, 0.717) is 42.6 Å². The highest BCUT2D eigenvalue weighted by atomic mass is 32.2. The van der Waals surface area contributed by atoms with E-state index in [1.807, 2.05) is 51.3 Å². The van der Waals surface area contributed by atoms with Crippen LogP contribution in [0.25, 0.3) is 11.5 Å². The van der Waals surface area contributed by atoms with Crippen LogP contribution in [0.3, 0.4) is 0 Å². The molecule has 0 spiro atoms. The molecule has 0 bridgehead atoms. The number of carbonyl (C=O) groups excluding carboxylic acids is 1. The topological polar surface area (TPSA) is 95.7 Å². The van der Waals surface area contributed by atoms with Crippen LogP contribution in [0.2, 0.25) is 0 Å². The SMILES string of the molecule is CCOc1cc(-c2nnc(NC(=O)Cc3ccc(SC)cc3)o2)cc(OCC)c1OCC. The summed E-state index contributed by atoms with van der Waals surface area (Å²) in [7, 11) is 0. The predicted molar refractivity (Wildman–Crippen MR) is 124 cm³/mol. The van der Waals surface area contributed by atoms with Gasteiger partial charge < -0.3 is 18.6 Å². The van der Waals surface area contributed by atoms with Gasteiger partial charge in [-0.05, 0) is 56.9 Å². The van der Waals surface area contributed by atoms with Gasteiger partial charge in [-0.15, -0.1) is 16.9 Å². The number of hydrogen-bond acceptors (Lipinski definition) is 8. The molecule has 0 saturated carbocycles. The maximum absolute atomic E-state index is 12.4. The Balaban J connectivity index is 1.77. The second kappa shape index (κ2) is 11.4. The number of rotatable bonds is 11. The Kier molecular flexibility index (Phi) is 8.38. The van der Waals surface area contributed by atoms with Crippen molar-refractivity contribution in [3.8, 4) is 28.7 Å². The summed E-state index contributed by atoms with van der Waals surface area (Å²) < 4.78 is 22.8. The Morgan fingerprint density at radius 2 is 1.59 bits per heavy atom. The molecule has 0 aliphatic rings. The van der Waals surface area contributed by atoms with Crippen molar-refractivity contribution in [1.82, 2.24) is 10.2 Å². The van der Waals surface area contributed by atoms with Gasteiger partial charge in [0.1, 0.15) is 0 Å². The van der Waals surface area contributed by atoms with Crippen LogP contribution in [0, 0.1) is 0 Å². The fourth-order valence-electron chi connectivity index (χ4n) is 2.99. The minimum absolute atomic E-state index is 0.0236. The minimum atomic E-state index is -0.242. The highest BCUT2D eigenvalue weighted by Crippen LogP contribution is 2.41. The van der Waals surface area contributed by atoms with E-state index in [-0.39, 0.29) is 24.2 Å². The number of anilines is 1. The molecule has 0 aliphatic heterocycles. The van der Waals surface area contributed by atoms with E-state index in [4.69, 9.17) is 18.6 Å². The Hall–Kier alpha value is -3.20. The predicted octanol–water partition coefficient (Wildman–Crippen LogP) is 4.84. The van der Waals surface area contributed by atoms with Crippen molar-refractivity contribution in [2.24, 2.45) is 0 Å². The molecule has 32 heavy (non-hydrogen) atoms. The van der Waals surface area contributed by atoms with E-state index in [1.165, 1.54) is 0 Å². The van der Waals surface area contributed by atoms with Gasteiger partial charge in [-0.1, -0.05) is 17.2 Å². The van der Waals surface area contributed by atoms with Gasteiger partial charge in [0.15, 0.2) is 11.5 Å². The third-order valence-corrected chi connectivity index (χ3v) is 5.09. The van der Waals surface area contributed by atoms with Gasteiger partial charge in [0.05, 0.1) is 26.2 Å². The zero-order valence-electron chi connectivity index (χ0n) is 18.6. The van der Waals surface area contributed by atoms with Crippen LogP contribution in [0.4, 0.5) is 6.01 Å². The highest BCUT2D eigenvalue weighted by Gasteiger charge is 2.19. The number of amides is 1. The summed E-state index contributed by atoms with van der Waals surface area (Å²) in [5, 5.41) is 10.7. The Bertz CT molecular complexity index is 1010. The van der Waals surface area contributed by atoms with Crippen LogP contribution in [0.15, 0.2) is 45.7 Å². The smallest absolute Gasteiger partial charge is 0.322 e. The minimum Gasteiger partial charge on any atom is -0.490 e. The third kappa shape index (κ3) is 5.94. The second-order valence-corrected chi connectivity index (χ2v) is 7.47. The molecule has 0 saturated heterocycles. The maximum atomic E-state index is 12.4. The maximum Gasteiger partial charge on any atom is 0.322 e. The van der Waals surface area contributed by atoms with Gasteiger partial charge in [0.2, 0.25) is 17.5 Å². The molecule has 1 N–H and O–H groups in total. The standard InChI is InChI=1S/C23H27N3O5S/c1-5-28-18-13-16(14-19(29-6-2)21(18)30-7-3)22-25-26-23(31-22)24-20(27)12-15-8-10-17(32-4)11-9-15/h8-11,13-14H,5-7,12H2,1-4H3,(H,24,26,27). The molecule has 9 heteroatoms. The molecule has 8 nitrogen and oxygen atoms in total. The molecule has 0 aliphatic carbocycles. The third-order valence-electron chi connectivity index (χ3n) is 4.35. The normalized spacial score (nSPS) is 10.6. The van der Waals surface area contributed by atoms with Crippen molar-refractivity contribution in [3.05, 3.63) is 42.0 Å². The van der Waals surface area contributed by atoms with Crippen molar-refractivity contribution in [2.75, 3.05) is 31.4 Å². The number of ether oxygens (including phenoxy) is 3.